The minimum absolute atomic E-state index is 0.203. The molecule has 0 spiro atoms. The number of nitrogens with two attached hydrogens (primary N) is 1. The summed E-state index contributed by atoms with van der Waals surface area (Å²) in [6, 6.07) is 5.12. The lowest BCUT2D eigenvalue weighted by Crippen LogP contribution is -2.23. The first-order valence-corrected chi connectivity index (χ1v) is 6.55. The standard InChI is InChI=1S/C14H18N4O2/c1-3-4-11-6-10(7-13(15)17-11)14(19)16-8-12-5-9(2)18-20-12/h5-7H,3-4,8H2,1-2H3,(H2,15,17)(H,16,19). The van der Waals surface area contributed by atoms with Crippen LogP contribution in [-0.4, -0.2) is 16.0 Å². The van der Waals surface area contributed by atoms with Gasteiger partial charge in [-0.25, -0.2) is 4.98 Å². The molecule has 6 heteroatoms. The van der Waals surface area contributed by atoms with Crippen molar-refractivity contribution in [2.45, 2.75) is 33.2 Å². The molecule has 0 aromatic carbocycles. The van der Waals surface area contributed by atoms with Gasteiger partial charge in [0, 0.05) is 17.3 Å². The lowest BCUT2D eigenvalue weighted by atomic mass is 10.1. The van der Waals surface area contributed by atoms with Gasteiger partial charge in [0.05, 0.1) is 12.2 Å². The molecule has 0 unspecified atom stereocenters. The van der Waals surface area contributed by atoms with Gasteiger partial charge in [-0.15, -0.1) is 0 Å². The van der Waals surface area contributed by atoms with E-state index in [1.165, 1.54) is 0 Å². The molecule has 0 saturated carbocycles. The molecule has 0 bridgehead atoms. The van der Waals surface area contributed by atoms with Gasteiger partial charge < -0.3 is 15.6 Å². The van der Waals surface area contributed by atoms with E-state index in [-0.39, 0.29) is 5.91 Å². The number of hydrogen-bond donors (Lipinski definition) is 2. The fourth-order valence-corrected chi connectivity index (χ4v) is 1.90. The molecule has 0 fully saturated rings. The van der Waals surface area contributed by atoms with Gasteiger partial charge >= 0.3 is 0 Å². The zero-order valence-corrected chi connectivity index (χ0v) is 11.6. The zero-order chi connectivity index (χ0) is 14.5. The van der Waals surface area contributed by atoms with E-state index in [9.17, 15) is 4.79 Å². The summed E-state index contributed by atoms with van der Waals surface area (Å²) >= 11 is 0. The monoisotopic (exact) mass is 274 g/mol. The summed E-state index contributed by atoms with van der Waals surface area (Å²) in [5.74, 6) is 0.772. The Kier molecular flexibility index (Phi) is 4.34. The average molecular weight is 274 g/mol. The molecular formula is C14H18N4O2. The van der Waals surface area contributed by atoms with E-state index in [1.54, 1.807) is 18.2 Å². The van der Waals surface area contributed by atoms with Gasteiger partial charge in [-0.3, -0.25) is 4.79 Å². The first-order valence-electron chi connectivity index (χ1n) is 6.55. The van der Waals surface area contributed by atoms with Gasteiger partial charge in [0.25, 0.3) is 5.91 Å². The van der Waals surface area contributed by atoms with E-state index < -0.39 is 0 Å². The normalized spacial score (nSPS) is 10.5. The van der Waals surface area contributed by atoms with E-state index >= 15 is 0 Å². The van der Waals surface area contributed by atoms with Crippen molar-refractivity contribution >= 4 is 11.7 Å². The minimum atomic E-state index is -0.203. The molecule has 2 aromatic heterocycles. The fraction of sp³-hybridized carbons (Fsp3) is 0.357. The van der Waals surface area contributed by atoms with E-state index in [1.807, 2.05) is 6.92 Å². The highest BCUT2D eigenvalue weighted by molar-refractivity contribution is 5.94. The van der Waals surface area contributed by atoms with Crippen LogP contribution in [0, 0.1) is 6.92 Å². The predicted octanol–water partition coefficient (Wildman–Crippen LogP) is 1.84. The molecule has 2 rings (SSSR count). The number of carbonyl (C=O) groups excluding carboxylic acids is 1. The third-order valence-corrected chi connectivity index (χ3v) is 2.77. The summed E-state index contributed by atoms with van der Waals surface area (Å²) in [4.78, 5) is 16.3. The highest BCUT2D eigenvalue weighted by Crippen LogP contribution is 2.10. The topological polar surface area (TPSA) is 94.0 Å². The number of rotatable bonds is 5. The van der Waals surface area contributed by atoms with Crippen molar-refractivity contribution in [1.82, 2.24) is 15.5 Å². The molecule has 2 aromatic rings. The van der Waals surface area contributed by atoms with Crippen LogP contribution in [0.1, 0.15) is 40.9 Å². The van der Waals surface area contributed by atoms with Crippen molar-refractivity contribution in [2.75, 3.05) is 5.73 Å². The molecule has 2 heterocycles. The lowest BCUT2D eigenvalue weighted by molar-refractivity contribution is 0.0947. The molecule has 0 atom stereocenters. The molecule has 106 valence electrons. The molecule has 0 aliphatic heterocycles. The Bertz CT molecular complexity index is 607. The molecule has 1 amide bonds. The number of anilines is 1. The summed E-state index contributed by atoms with van der Waals surface area (Å²) in [7, 11) is 0. The number of nitrogens with one attached hydrogen (secondary N) is 1. The maximum atomic E-state index is 12.1. The number of nitrogens with zero attached hydrogens (tertiary/aromatic N) is 2. The van der Waals surface area contributed by atoms with E-state index in [0.29, 0.717) is 23.7 Å². The second-order valence-corrected chi connectivity index (χ2v) is 4.64. The average Bonchev–Trinajstić information content (AvgIpc) is 2.81. The van der Waals surface area contributed by atoms with Crippen LogP contribution < -0.4 is 11.1 Å². The zero-order valence-electron chi connectivity index (χ0n) is 11.6. The van der Waals surface area contributed by atoms with Gasteiger partial charge in [-0.1, -0.05) is 18.5 Å². The summed E-state index contributed by atoms with van der Waals surface area (Å²) in [6.45, 7) is 4.18. The smallest absolute Gasteiger partial charge is 0.251 e. The second kappa shape index (κ2) is 6.18. The number of hydrogen-bond acceptors (Lipinski definition) is 5. The Morgan fingerprint density at radius 3 is 2.85 bits per heavy atom. The van der Waals surface area contributed by atoms with E-state index in [2.05, 4.69) is 22.4 Å². The van der Waals surface area contributed by atoms with Crippen molar-refractivity contribution in [3.8, 4) is 0 Å². The van der Waals surface area contributed by atoms with Crippen molar-refractivity contribution in [2.24, 2.45) is 0 Å². The molecule has 3 N–H and O–H groups in total. The summed E-state index contributed by atoms with van der Waals surface area (Å²) in [5.41, 5.74) is 7.84. The van der Waals surface area contributed by atoms with Crippen molar-refractivity contribution in [3.05, 3.63) is 40.9 Å². The van der Waals surface area contributed by atoms with Crippen molar-refractivity contribution in [3.63, 3.8) is 0 Å². The number of pyridine rings is 1. The molecule has 0 aliphatic rings. The van der Waals surface area contributed by atoms with Crippen molar-refractivity contribution < 1.29 is 9.32 Å². The Balaban J connectivity index is 2.04. The number of amides is 1. The van der Waals surface area contributed by atoms with Gasteiger partial charge in [0.2, 0.25) is 0 Å². The maximum Gasteiger partial charge on any atom is 0.251 e. The van der Waals surface area contributed by atoms with Gasteiger partial charge in [-0.2, -0.15) is 0 Å². The minimum Gasteiger partial charge on any atom is -0.384 e. The van der Waals surface area contributed by atoms with E-state index in [0.717, 1.165) is 24.2 Å². The first kappa shape index (κ1) is 14.0. The Morgan fingerprint density at radius 1 is 1.40 bits per heavy atom. The summed E-state index contributed by atoms with van der Waals surface area (Å²) in [5, 5.41) is 6.53. The molecule has 0 aliphatic carbocycles. The summed E-state index contributed by atoms with van der Waals surface area (Å²) < 4.78 is 5.03. The molecule has 20 heavy (non-hydrogen) atoms. The highest BCUT2D eigenvalue weighted by atomic mass is 16.5. The molecular weight excluding hydrogens is 256 g/mol. The van der Waals surface area contributed by atoms with Crippen molar-refractivity contribution in [1.29, 1.82) is 0 Å². The number of carbonyl (C=O) groups is 1. The van der Waals surface area contributed by atoms with Crippen LogP contribution in [0.5, 0.6) is 0 Å². The first-order chi connectivity index (χ1) is 9.58. The molecule has 6 nitrogen and oxygen atoms in total. The number of aromatic nitrogens is 2. The SMILES string of the molecule is CCCc1cc(C(=O)NCc2cc(C)no2)cc(N)n1. The highest BCUT2D eigenvalue weighted by Gasteiger charge is 2.10. The van der Waals surface area contributed by atoms with Crippen LogP contribution in [0.25, 0.3) is 0 Å². The fourth-order valence-electron chi connectivity index (χ4n) is 1.90. The van der Waals surface area contributed by atoms with Crippen LogP contribution >= 0.6 is 0 Å². The van der Waals surface area contributed by atoms with Gasteiger partial charge in [0.1, 0.15) is 5.82 Å². The lowest BCUT2D eigenvalue weighted by Gasteiger charge is -2.06. The summed E-state index contributed by atoms with van der Waals surface area (Å²) in [6.07, 6.45) is 1.75. The van der Waals surface area contributed by atoms with Crippen LogP contribution in [0.2, 0.25) is 0 Å². The Hall–Kier alpha value is -2.37. The molecule has 0 saturated heterocycles. The van der Waals surface area contributed by atoms with Crippen LogP contribution in [0.4, 0.5) is 5.82 Å². The third-order valence-electron chi connectivity index (χ3n) is 2.77. The second-order valence-electron chi connectivity index (χ2n) is 4.64. The predicted molar refractivity (Wildman–Crippen MR) is 75.1 cm³/mol. The van der Waals surface area contributed by atoms with Crippen LogP contribution in [0.15, 0.2) is 22.7 Å². The van der Waals surface area contributed by atoms with Crippen LogP contribution in [0.3, 0.4) is 0 Å². The largest absolute Gasteiger partial charge is 0.384 e. The van der Waals surface area contributed by atoms with Crippen LogP contribution in [-0.2, 0) is 13.0 Å². The third kappa shape index (κ3) is 3.57. The quantitative estimate of drug-likeness (QED) is 0.867. The molecule has 0 radical (unpaired) electrons. The Labute approximate surface area is 117 Å². The van der Waals surface area contributed by atoms with Gasteiger partial charge in [0.15, 0.2) is 5.76 Å². The Morgan fingerprint density at radius 2 is 2.20 bits per heavy atom. The number of nitrogen functional groups attached to an aromatic ring is 1. The van der Waals surface area contributed by atoms with E-state index in [4.69, 9.17) is 10.3 Å². The maximum absolute atomic E-state index is 12.1. The van der Waals surface area contributed by atoms with Gasteiger partial charge in [-0.05, 0) is 25.5 Å². The number of aryl methyl sites for hydroxylation is 2.